The van der Waals surface area contributed by atoms with Crippen molar-refractivity contribution in [3.05, 3.63) is 35.6 Å². The summed E-state index contributed by atoms with van der Waals surface area (Å²) < 4.78 is 13.2. The number of nitrogens with one attached hydrogen (secondary N) is 1. The lowest BCUT2D eigenvalue weighted by Crippen LogP contribution is -2.47. The van der Waals surface area contributed by atoms with E-state index in [1.165, 1.54) is 6.07 Å². The molecule has 2 rings (SSSR count). The smallest absolute Gasteiger partial charge is 0.217 e. The highest BCUT2D eigenvalue weighted by atomic mass is 19.1. The van der Waals surface area contributed by atoms with E-state index in [1.807, 2.05) is 13.0 Å². The second-order valence-electron chi connectivity index (χ2n) is 6.59. The van der Waals surface area contributed by atoms with Crippen LogP contribution in [0.2, 0.25) is 0 Å². The van der Waals surface area contributed by atoms with Crippen LogP contribution in [0.4, 0.5) is 4.39 Å². The lowest BCUT2D eigenvalue weighted by atomic mass is 9.95. The lowest BCUT2D eigenvalue weighted by molar-refractivity contribution is -0.119. The minimum atomic E-state index is -0.233. The number of nitrogens with zero attached hydrogens (tertiary/aromatic N) is 2. The average Bonchev–Trinajstić information content (AvgIpc) is 2.57. The summed E-state index contributed by atoms with van der Waals surface area (Å²) in [5.74, 6) is 0.783. The van der Waals surface area contributed by atoms with E-state index >= 15 is 0 Å². The summed E-state index contributed by atoms with van der Waals surface area (Å²) in [6.45, 7) is 5.31. The van der Waals surface area contributed by atoms with E-state index in [0.29, 0.717) is 18.9 Å². The first-order valence-electron chi connectivity index (χ1n) is 9.14. The molecule has 0 spiro atoms. The third-order valence-electron chi connectivity index (χ3n) is 4.42. The van der Waals surface area contributed by atoms with Crippen LogP contribution in [0.5, 0.6) is 0 Å². The summed E-state index contributed by atoms with van der Waals surface area (Å²) in [7, 11) is 0. The molecule has 1 atom stereocenters. The number of likely N-dealkylation sites (tertiary alicyclic amines) is 1. The van der Waals surface area contributed by atoms with Gasteiger partial charge in [0.1, 0.15) is 5.82 Å². The first-order valence-corrected chi connectivity index (χ1v) is 9.14. The number of rotatable bonds is 7. The molecule has 1 aliphatic rings. The fourth-order valence-electron chi connectivity index (χ4n) is 3.30. The minimum Gasteiger partial charge on any atom is -0.370 e. The zero-order chi connectivity index (χ0) is 18.1. The molecule has 1 heterocycles. The Kier molecular flexibility index (Phi) is 7.70. The summed E-state index contributed by atoms with van der Waals surface area (Å²) in [5, 5.41) is 3.33. The van der Waals surface area contributed by atoms with Gasteiger partial charge in [0, 0.05) is 32.6 Å². The fourth-order valence-corrected chi connectivity index (χ4v) is 3.30. The van der Waals surface area contributed by atoms with Gasteiger partial charge >= 0.3 is 0 Å². The molecule has 1 amide bonds. The summed E-state index contributed by atoms with van der Waals surface area (Å²) in [4.78, 5) is 18.1. The number of aryl methyl sites for hydroxylation is 1. The van der Waals surface area contributed by atoms with E-state index in [2.05, 4.69) is 10.2 Å². The zero-order valence-electron chi connectivity index (χ0n) is 15.0. The predicted molar refractivity (Wildman–Crippen MR) is 98.8 cm³/mol. The Morgan fingerprint density at radius 3 is 3.04 bits per heavy atom. The Bertz CT molecular complexity index is 591. The number of amides is 1. The third-order valence-corrected chi connectivity index (χ3v) is 4.42. The molecule has 1 aromatic rings. The first-order chi connectivity index (χ1) is 12.1. The molecule has 1 fully saturated rings. The molecule has 3 N–H and O–H groups in total. The number of aliphatic imine (C=N–C) groups is 1. The van der Waals surface area contributed by atoms with Crippen LogP contribution < -0.4 is 11.1 Å². The molecule has 1 aromatic carbocycles. The van der Waals surface area contributed by atoms with E-state index in [9.17, 15) is 9.18 Å². The van der Waals surface area contributed by atoms with Gasteiger partial charge in [0.25, 0.3) is 0 Å². The van der Waals surface area contributed by atoms with Gasteiger partial charge in [0.05, 0.1) is 0 Å². The van der Waals surface area contributed by atoms with E-state index in [4.69, 9.17) is 10.7 Å². The molecule has 0 aromatic heterocycles. The summed E-state index contributed by atoms with van der Waals surface area (Å²) in [6, 6.07) is 6.72. The Labute approximate surface area is 149 Å². The van der Waals surface area contributed by atoms with Crippen molar-refractivity contribution in [1.29, 1.82) is 0 Å². The number of carbonyl (C=O) groups excluding carboxylic acids is 1. The molecule has 0 bridgehead atoms. The number of piperidine rings is 1. The molecule has 1 saturated heterocycles. The number of benzene rings is 1. The maximum Gasteiger partial charge on any atom is 0.217 e. The van der Waals surface area contributed by atoms with Gasteiger partial charge in [-0.3, -0.25) is 9.79 Å². The molecule has 1 aliphatic heterocycles. The van der Waals surface area contributed by atoms with Crippen LogP contribution in [-0.4, -0.2) is 42.9 Å². The second-order valence-corrected chi connectivity index (χ2v) is 6.59. The Hall–Kier alpha value is -2.11. The first kappa shape index (κ1) is 19.2. The average molecular weight is 348 g/mol. The highest BCUT2D eigenvalue weighted by Gasteiger charge is 2.23. The maximum atomic E-state index is 13.2. The summed E-state index contributed by atoms with van der Waals surface area (Å²) in [5.41, 5.74) is 6.34. The molecule has 5 nitrogen and oxygen atoms in total. The largest absolute Gasteiger partial charge is 0.370 e. The van der Waals surface area contributed by atoms with Gasteiger partial charge < -0.3 is 16.0 Å². The van der Waals surface area contributed by atoms with Gasteiger partial charge in [0.2, 0.25) is 5.91 Å². The normalized spacial score (nSPS) is 18.2. The van der Waals surface area contributed by atoms with Crippen LogP contribution in [0.15, 0.2) is 29.3 Å². The number of carbonyl (C=O) groups is 1. The van der Waals surface area contributed by atoms with Crippen molar-refractivity contribution in [2.45, 2.75) is 39.0 Å². The van der Waals surface area contributed by atoms with Crippen LogP contribution in [0.1, 0.15) is 38.2 Å². The topological polar surface area (TPSA) is 70.7 Å². The number of hydrogen-bond acceptors (Lipinski definition) is 2. The molecule has 138 valence electrons. The van der Waals surface area contributed by atoms with Gasteiger partial charge in [-0.05, 0) is 56.2 Å². The molecule has 0 radical (unpaired) electrons. The van der Waals surface area contributed by atoms with Crippen molar-refractivity contribution >= 4 is 11.9 Å². The van der Waals surface area contributed by atoms with Crippen molar-refractivity contribution in [2.24, 2.45) is 16.6 Å². The van der Waals surface area contributed by atoms with Crippen molar-refractivity contribution in [2.75, 3.05) is 26.2 Å². The highest BCUT2D eigenvalue weighted by molar-refractivity contribution is 5.80. The van der Waals surface area contributed by atoms with Crippen LogP contribution in [0, 0.1) is 11.7 Å². The van der Waals surface area contributed by atoms with Crippen LogP contribution >= 0.6 is 0 Å². The number of primary amides is 1. The number of halogens is 1. The molecule has 6 heteroatoms. The van der Waals surface area contributed by atoms with Crippen LogP contribution in [0.25, 0.3) is 0 Å². The van der Waals surface area contributed by atoms with Gasteiger partial charge in [-0.1, -0.05) is 12.1 Å². The highest BCUT2D eigenvalue weighted by Crippen LogP contribution is 2.19. The summed E-state index contributed by atoms with van der Waals surface area (Å²) >= 11 is 0. The van der Waals surface area contributed by atoms with E-state index in [1.54, 1.807) is 12.1 Å². The Balaban J connectivity index is 1.87. The number of nitrogens with two attached hydrogens (primary N) is 1. The van der Waals surface area contributed by atoms with Crippen molar-refractivity contribution < 1.29 is 9.18 Å². The van der Waals surface area contributed by atoms with Crippen LogP contribution in [0.3, 0.4) is 0 Å². The molecular weight excluding hydrogens is 319 g/mol. The van der Waals surface area contributed by atoms with Crippen molar-refractivity contribution in [3.63, 3.8) is 0 Å². The van der Waals surface area contributed by atoms with E-state index in [0.717, 1.165) is 56.8 Å². The molecule has 25 heavy (non-hydrogen) atoms. The standard InChI is InChI=1S/C19H29FN4O/c1-2-22-19(24-11-5-8-16(14-24)13-18(21)25)23-10-4-7-15-6-3-9-17(20)12-15/h3,6,9,12,16H,2,4-5,7-8,10-11,13-14H2,1H3,(H2,21,25)(H,22,23). The van der Waals surface area contributed by atoms with E-state index in [-0.39, 0.29) is 11.7 Å². The van der Waals surface area contributed by atoms with Gasteiger partial charge in [-0.15, -0.1) is 0 Å². The summed E-state index contributed by atoms with van der Waals surface area (Å²) in [6.07, 6.45) is 4.21. The predicted octanol–water partition coefficient (Wildman–Crippen LogP) is 2.31. The molecule has 0 aliphatic carbocycles. The third kappa shape index (κ3) is 6.72. The van der Waals surface area contributed by atoms with Crippen molar-refractivity contribution in [3.8, 4) is 0 Å². The van der Waals surface area contributed by atoms with Gasteiger partial charge in [-0.2, -0.15) is 0 Å². The monoisotopic (exact) mass is 348 g/mol. The number of guanidine groups is 1. The maximum absolute atomic E-state index is 13.2. The molecule has 1 unspecified atom stereocenters. The molecule has 0 saturated carbocycles. The minimum absolute atomic E-state index is 0.192. The fraction of sp³-hybridized carbons (Fsp3) is 0.579. The van der Waals surface area contributed by atoms with Gasteiger partial charge in [-0.25, -0.2) is 4.39 Å². The zero-order valence-corrected chi connectivity index (χ0v) is 15.0. The quantitative estimate of drug-likeness (QED) is 0.451. The van der Waals surface area contributed by atoms with E-state index < -0.39 is 0 Å². The SMILES string of the molecule is CCNC(=NCCCc1cccc(F)c1)N1CCCC(CC(N)=O)C1. The number of hydrogen-bond donors (Lipinski definition) is 2. The van der Waals surface area contributed by atoms with Crippen molar-refractivity contribution in [1.82, 2.24) is 10.2 Å². The Morgan fingerprint density at radius 1 is 1.48 bits per heavy atom. The second kappa shape index (κ2) is 10.0. The Morgan fingerprint density at radius 2 is 2.32 bits per heavy atom. The van der Waals surface area contributed by atoms with Crippen LogP contribution in [-0.2, 0) is 11.2 Å². The lowest BCUT2D eigenvalue weighted by Gasteiger charge is -2.34. The van der Waals surface area contributed by atoms with Gasteiger partial charge in [0.15, 0.2) is 5.96 Å². The molecular formula is C19H29FN4O.